The molecule has 1 N–H and O–H groups in total. The molecule has 19 heavy (non-hydrogen) atoms. The first-order chi connectivity index (χ1) is 8.80. The molecule has 0 bridgehead atoms. The second-order valence-corrected chi connectivity index (χ2v) is 5.84. The van der Waals surface area contributed by atoms with E-state index >= 15 is 0 Å². The molecule has 0 atom stereocenters. The molecular formula is C13H16BNO4. The Balaban J connectivity index is 2.03. The molecule has 2 aromatic rings. The van der Waals surface area contributed by atoms with Gasteiger partial charge in [-0.05, 0) is 39.8 Å². The number of hydrogen-bond donors (Lipinski definition) is 1. The van der Waals surface area contributed by atoms with Crippen molar-refractivity contribution < 1.29 is 18.9 Å². The second kappa shape index (κ2) is 3.74. The molecule has 0 radical (unpaired) electrons. The molecule has 0 unspecified atom stereocenters. The van der Waals surface area contributed by atoms with Gasteiger partial charge in [-0.3, -0.25) is 0 Å². The number of rotatable bonds is 1. The summed E-state index contributed by atoms with van der Waals surface area (Å²) in [6.07, 6.45) is 0. The van der Waals surface area contributed by atoms with Gasteiger partial charge in [-0.15, -0.1) is 0 Å². The van der Waals surface area contributed by atoms with Crippen LogP contribution >= 0.6 is 0 Å². The normalized spacial score (nSPS) is 21.2. The number of aromatic hydroxyl groups is 1. The fraction of sp³-hybridized carbons (Fsp3) is 0.462. The summed E-state index contributed by atoms with van der Waals surface area (Å²) in [6.45, 7) is 7.95. The van der Waals surface area contributed by atoms with Gasteiger partial charge in [-0.2, -0.15) is 0 Å². The Morgan fingerprint density at radius 1 is 1.11 bits per heavy atom. The first-order valence-corrected chi connectivity index (χ1v) is 6.24. The maximum absolute atomic E-state index is 9.42. The third kappa shape index (κ3) is 1.83. The van der Waals surface area contributed by atoms with Gasteiger partial charge in [0.25, 0.3) is 0 Å². The van der Waals surface area contributed by atoms with E-state index in [0.717, 1.165) is 5.39 Å². The third-order valence-corrected chi connectivity index (χ3v) is 3.96. The van der Waals surface area contributed by atoms with Gasteiger partial charge in [0.2, 0.25) is 0 Å². The lowest BCUT2D eigenvalue weighted by Gasteiger charge is -2.32. The van der Waals surface area contributed by atoms with Crippen LogP contribution in [0.15, 0.2) is 22.7 Å². The molecule has 0 amide bonds. The van der Waals surface area contributed by atoms with Gasteiger partial charge in [0.1, 0.15) is 11.3 Å². The van der Waals surface area contributed by atoms with Crippen LogP contribution < -0.4 is 5.59 Å². The van der Waals surface area contributed by atoms with Crippen molar-refractivity contribution >= 4 is 23.7 Å². The molecule has 0 spiro atoms. The predicted molar refractivity (Wildman–Crippen MR) is 71.4 cm³/mol. The van der Waals surface area contributed by atoms with Gasteiger partial charge in [0, 0.05) is 11.5 Å². The Kier molecular flexibility index (Phi) is 2.46. The second-order valence-electron chi connectivity index (χ2n) is 5.84. The number of aromatic nitrogens is 1. The summed E-state index contributed by atoms with van der Waals surface area (Å²) in [5, 5.41) is 14.2. The molecule has 1 aliphatic heterocycles. The third-order valence-electron chi connectivity index (χ3n) is 3.96. The fourth-order valence-corrected chi connectivity index (χ4v) is 2.07. The Labute approximate surface area is 111 Å². The van der Waals surface area contributed by atoms with Gasteiger partial charge >= 0.3 is 7.12 Å². The van der Waals surface area contributed by atoms with E-state index in [9.17, 15) is 5.11 Å². The molecule has 100 valence electrons. The molecular weight excluding hydrogens is 245 g/mol. The number of fused-ring (bicyclic) bond motifs is 1. The van der Waals surface area contributed by atoms with Crippen molar-refractivity contribution in [3.63, 3.8) is 0 Å². The molecule has 2 heterocycles. The van der Waals surface area contributed by atoms with E-state index in [-0.39, 0.29) is 5.75 Å². The number of nitrogens with zero attached hydrogens (tertiary/aromatic N) is 1. The Hall–Kier alpha value is -1.53. The van der Waals surface area contributed by atoms with Gasteiger partial charge in [-0.25, -0.2) is 0 Å². The standard InChI is InChI=1S/C13H16BNO4/c1-12(2)13(3,4)19-14(18-12)11-9-6-5-8(16)7-10(9)17-15-11/h5-7,16H,1-4H3. The predicted octanol–water partition coefficient (Wildman–Crippen LogP) is 1.83. The smallest absolute Gasteiger partial charge is 0.508 e. The van der Waals surface area contributed by atoms with Crippen LogP contribution in [0.3, 0.4) is 0 Å². The summed E-state index contributed by atoms with van der Waals surface area (Å²) in [4.78, 5) is 0. The monoisotopic (exact) mass is 261 g/mol. The van der Waals surface area contributed by atoms with Crippen molar-refractivity contribution in [1.82, 2.24) is 5.16 Å². The van der Waals surface area contributed by atoms with Crippen LogP contribution in [-0.4, -0.2) is 28.6 Å². The Morgan fingerprint density at radius 3 is 2.37 bits per heavy atom. The van der Waals surface area contributed by atoms with E-state index < -0.39 is 18.3 Å². The summed E-state index contributed by atoms with van der Waals surface area (Å²) in [7, 11) is -0.559. The van der Waals surface area contributed by atoms with E-state index in [1.54, 1.807) is 12.1 Å². The zero-order chi connectivity index (χ0) is 13.8. The first kappa shape index (κ1) is 12.5. The summed E-state index contributed by atoms with van der Waals surface area (Å²) < 4.78 is 17.1. The lowest BCUT2D eigenvalue weighted by atomic mass is 9.82. The van der Waals surface area contributed by atoms with E-state index in [4.69, 9.17) is 13.8 Å². The van der Waals surface area contributed by atoms with E-state index in [1.165, 1.54) is 6.07 Å². The number of phenols is 1. The van der Waals surface area contributed by atoms with Crippen LogP contribution in [0.1, 0.15) is 27.7 Å². The number of benzene rings is 1. The molecule has 1 aromatic carbocycles. The Bertz CT molecular complexity index is 619. The van der Waals surface area contributed by atoms with Crippen LogP contribution in [0.25, 0.3) is 11.0 Å². The molecule has 1 aromatic heterocycles. The van der Waals surface area contributed by atoms with Gasteiger partial charge < -0.3 is 18.9 Å². The zero-order valence-electron chi connectivity index (χ0n) is 11.4. The Morgan fingerprint density at radius 2 is 1.74 bits per heavy atom. The lowest BCUT2D eigenvalue weighted by Crippen LogP contribution is -2.41. The van der Waals surface area contributed by atoms with Gasteiger partial charge in [0.15, 0.2) is 5.58 Å². The minimum Gasteiger partial charge on any atom is -0.508 e. The van der Waals surface area contributed by atoms with Gasteiger partial charge in [-0.1, -0.05) is 5.16 Å². The topological polar surface area (TPSA) is 64.7 Å². The summed E-state index contributed by atoms with van der Waals surface area (Å²) in [5.41, 5.74) is 0.290. The van der Waals surface area contributed by atoms with Crippen molar-refractivity contribution in [2.24, 2.45) is 0 Å². The molecule has 6 heteroatoms. The molecule has 0 aliphatic carbocycles. The van der Waals surface area contributed by atoms with Crippen molar-refractivity contribution in [3.05, 3.63) is 18.2 Å². The largest absolute Gasteiger partial charge is 0.518 e. The minimum absolute atomic E-state index is 0.143. The maximum atomic E-state index is 9.42. The van der Waals surface area contributed by atoms with Crippen molar-refractivity contribution in [3.8, 4) is 5.75 Å². The average Bonchev–Trinajstić information content (AvgIpc) is 2.77. The molecule has 1 saturated heterocycles. The highest BCUT2D eigenvalue weighted by molar-refractivity contribution is 6.64. The van der Waals surface area contributed by atoms with E-state index in [1.807, 2.05) is 27.7 Å². The molecule has 1 fully saturated rings. The zero-order valence-corrected chi connectivity index (χ0v) is 11.4. The average molecular weight is 261 g/mol. The van der Waals surface area contributed by atoms with Crippen LogP contribution in [0, 0.1) is 0 Å². The van der Waals surface area contributed by atoms with Crippen molar-refractivity contribution in [2.75, 3.05) is 0 Å². The van der Waals surface area contributed by atoms with E-state index in [2.05, 4.69) is 5.16 Å². The lowest BCUT2D eigenvalue weighted by molar-refractivity contribution is 0.00578. The minimum atomic E-state index is -0.559. The molecule has 0 saturated carbocycles. The SMILES string of the molecule is CC1(C)OB(c2noc3cc(O)ccc23)OC1(C)C. The van der Waals surface area contributed by atoms with Gasteiger partial charge in [0.05, 0.1) is 11.2 Å². The highest BCUT2D eigenvalue weighted by Gasteiger charge is 2.53. The number of phenolic OH excluding ortho intramolecular Hbond substituents is 1. The summed E-state index contributed by atoms with van der Waals surface area (Å²) in [6, 6.07) is 4.87. The molecule has 3 rings (SSSR count). The first-order valence-electron chi connectivity index (χ1n) is 6.24. The molecule has 5 nitrogen and oxygen atoms in total. The number of hydrogen-bond acceptors (Lipinski definition) is 5. The highest BCUT2D eigenvalue weighted by atomic mass is 16.7. The van der Waals surface area contributed by atoms with Crippen LogP contribution in [-0.2, 0) is 9.31 Å². The molecule has 1 aliphatic rings. The van der Waals surface area contributed by atoms with Crippen LogP contribution in [0.2, 0.25) is 0 Å². The summed E-state index contributed by atoms with van der Waals surface area (Å²) >= 11 is 0. The maximum Gasteiger partial charge on any atom is 0.518 e. The van der Waals surface area contributed by atoms with Crippen molar-refractivity contribution in [1.29, 1.82) is 0 Å². The van der Waals surface area contributed by atoms with E-state index in [0.29, 0.717) is 11.2 Å². The van der Waals surface area contributed by atoms with Crippen molar-refractivity contribution in [2.45, 2.75) is 38.9 Å². The summed E-state index contributed by atoms with van der Waals surface area (Å²) in [5.74, 6) is 0.143. The van der Waals surface area contributed by atoms with Crippen LogP contribution in [0.5, 0.6) is 5.75 Å². The fourth-order valence-electron chi connectivity index (χ4n) is 2.07. The van der Waals surface area contributed by atoms with Crippen LogP contribution in [0.4, 0.5) is 0 Å². The highest BCUT2D eigenvalue weighted by Crippen LogP contribution is 2.37. The quantitative estimate of drug-likeness (QED) is 0.793.